The lowest BCUT2D eigenvalue weighted by Crippen LogP contribution is -2.19. The van der Waals surface area contributed by atoms with Crippen molar-refractivity contribution in [3.05, 3.63) is 35.4 Å². The second-order valence-electron chi connectivity index (χ2n) is 4.76. The Morgan fingerprint density at radius 2 is 2.44 bits per heavy atom. The maximum atomic E-state index is 11.5. The zero-order chi connectivity index (χ0) is 11.2. The van der Waals surface area contributed by atoms with Crippen LogP contribution in [0.1, 0.15) is 22.3 Å². The van der Waals surface area contributed by atoms with Crippen LogP contribution in [0, 0.1) is 5.92 Å². The summed E-state index contributed by atoms with van der Waals surface area (Å²) in [7, 11) is 1.42. The van der Waals surface area contributed by atoms with E-state index in [9.17, 15) is 4.79 Å². The Labute approximate surface area is 94.8 Å². The minimum absolute atomic E-state index is 0.249. The third-order valence-corrected chi connectivity index (χ3v) is 3.92. The lowest BCUT2D eigenvalue weighted by atomic mass is 9.93. The minimum atomic E-state index is -0.249. The van der Waals surface area contributed by atoms with Crippen LogP contribution < -0.4 is 5.32 Å². The van der Waals surface area contributed by atoms with Gasteiger partial charge in [-0.2, -0.15) is 0 Å². The Balaban J connectivity index is 1.94. The lowest BCUT2D eigenvalue weighted by molar-refractivity contribution is 0.0600. The number of hydrogen-bond acceptors (Lipinski definition) is 3. The fourth-order valence-electron chi connectivity index (χ4n) is 2.86. The molecule has 1 aromatic rings. The maximum Gasteiger partial charge on any atom is 0.337 e. The summed E-state index contributed by atoms with van der Waals surface area (Å²) in [5, 5.41) is 3.41. The van der Waals surface area contributed by atoms with Crippen LogP contribution in [0.25, 0.3) is 0 Å². The van der Waals surface area contributed by atoms with Crippen molar-refractivity contribution in [1.29, 1.82) is 0 Å². The number of methoxy groups -OCH3 is 1. The molecule has 2 unspecified atom stereocenters. The Morgan fingerprint density at radius 3 is 3.06 bits per heavy atom. The first-order chi connectivity index (χ1) is 7.76. The van der Waals surface area contributed by atoms with Crippen molar-refractivity contribution in [3.63, 3.8) is 0 Å². The molecule has 1 aliphatic carbocycles. The number of rotatable bonds is 2. The second-order valence-corrected chi connectivity index (χ2v) is 4.76. The van der Waals surface area contributed by atoms with Crippen molar-refractivity contribution in [1.82, 2.24) is 5.32 Å². The molecule has 1 N–H and O–H groups in total. The highest BCUT2D eigenvalue weighted by Gasteiger charge is 2.57. The van der Waals surface area contributed by atoms with Gasteiger partial charge in [-0.3, -0.25) is 0 Å². The molecule has 84 valence electrons. The van der Waals surface area contributed by atoms with Gasteiger partial charge in [0.25, 0.3) is 0 Å². The zero-order valence-corrected chi connectivity index (χ0v) is 9.32. The minimum Gasteiger partial charge on any atom is -0.465 e. The highest BCUT2D eigenvalue weighted by atomic mass is 16.5. The number of carbonyl (C=O) groups excluding carboxylic acids is 1. The second kappa shape index (κ2) is 3.32. The van der Waals surface area contributed by atoms with Crippen LogP contribution >= 0.6 is 0 Å². The van der Waals surface area contributed by atoms with Gasteiger partial charge in [0.2, 0.25) is 0 Å². The van der Waals surface area contributed by atoms with Gasteiger partial charge in [-0.15, -0.1) is 0 Å². The molecule has 1 aromatic carbocycles. The summed E-state index contributed by atoms with van der Waals surface area (Å²) >= 11 is 0. The number of carbonyl (C=O) groups is 1. The first-order valence-electron chi connectivity index (χ1n) is 5.66. The Hall–Kier alpha value is -1.35. The molecular weight excluding hydrogens is 202 g/mol. The molecule has 2 aliphatic rings. The highest BCUT2D eigenvalue weighted by molar-refractivity contribution is 5.89. The molecule has 1 heterocycles. The molecule has 0 aromatic heterocycles. The van der Waals surface area contributed by atoms with Gasteiger partial charge in [-0.1, -0.05) is 12.1 Å². The molecule has 0 radical (unpaired) electrons. The number of benzene rings is 1. The van der Waals surface area contributed by atoms with E-state index >= 15 is 0 Å². The smallest absolute Gasteiger partial charge is 0.337 e. The van der Waals surface area contributed by atoms with Gasteiger partial charge in [-0.25, -0.2) is 4.79 Å². The first-order valence-corrected chi connectivity index (χ1v) is 5.66. The van der Waals surface area contributed by atoms with Gasteiger partial charge in [0.05, 0.1) is 12.7 Å². The summed E-state index contributed by atoms with van der Waals surface area (Å²) in [6.07, 6.45) is 1.25. The SMILES string of the molecule is COC(=O)c1cccc(C23CNCC2C3)c1. The van der Waals surface area contributed by atoms with Crippen LogP contribution in [0.2, 0.25) is 0 Å². The zero-order valence-electron chi connectivity index (χ0n) is 9.32. The topological polar surface area (TPSA) is 38.3 Å². The van der Waals surface area contributed by atoms with Crippen LogP contribution in [-0.4, -0.2) is 26.2 Å². The van der Waals surface area contributed by atoms with Crippen molar-refractivity contribution >= 4 is 5.97 Å². The quantitative estimate of drug-likeness (QED) is 0.760. The number of ether oxygens (including phenoxy) is 1. The van der Waals surface area contributed by atoms with Gasteiger partial charge < -0.3 is 10.1 Å². The summed E-state index contributed by atoms with van der Waals surface area (Å²) in [6, 6.07) is 7.87. The van der Waals surface area contributed by atoms with E-state index in [-0.39, 0.29) is 5.97 Å². The molecular formula is C13H15NO2. The Morgan fingerprint density at radius 1 is 1.56 bits per heavy atom. The molecule has 0 bridgehead atoms. The van der Waals surface area contributed by atoms with Crippen LogP contribution in [0.3, 0.4) is 0 Å². The van der Waals surface area contributed by atoms with E-state index in [2.05, 4.69) is 11.4 Å². The normalized spacial score (nSPS) is 30.9. The van der Waals surface area contributed by atoms with Crippen LogP contribution in [0.15, 0.2) is 24.3 Å². The predicted molar refractivity (Wildman–Crippen MR) is 60.4 cm³/mol. The molecule has 3 rings (SSSR count). The third kappa shape index (κ3) is 1.28. The van der Waals surface area contributed by atoms with Crippen molar-refractivity contribution in [2.75, 3.05) is 20.2 Å². The fourth-order valence-corrected chi connectivity index (χ4v) is 2.86. The van der Waals surface area contributed by atoms with Crippen molar-refractivity contribution < 1.29 is 9.53 Å². The molecule has 1 aliphatic heterocycles. The number of nitrogens with one attached hydrogen (secondary N) is 1. The fraction of sp³-hybridized carbons (Fsp3) is 0.462. The van der Waals surface area contributed by atoms with Gasteiger partial charge in [-0.05, 0) is 36.6 Å². The number of hydrogen-bond donors (Lipinski definition) is 1. The van der Waals surface area contributed by atoms with Gasteiger partial charge in [0.1, 0.15) is 0 Å². The van der Waals surface area contributed by atoms with Gasteiger partial charge in [0, 0.05) is 12.0 Å². The lowest BCUT2D eigenvalue weighted by Gasteiger charge is -2.13. The van der Waals surface area contributed by atoms with Crippen molar-refractivity contribution in [3.8, 4) is 0 Å². The van der Waals surface area contributed by atoms with E-state index in [0.29, 0.717) is 11.0 Å². The van der Waals surface area contributed by atoms with Crippen molar-refractivity contribution in [2.24, 2.45) is 5.92 Å². The largest absolute Gasteiger partial charge is 0.465 e. The Bertz CT molecular complexity index is 443. The summed E-state index contributed by atoms with van der Waals surface area (Å²) in [5.74, 6) is 0.516. The van der Waals surface area contributed by atoms with E-state index in [1.807, 2.05) is 18.2 Å². The molecule has 2 atom stereocenters. The highest BCUT2D eigenvalue weighted by Crippen LogP contribution is 2.56. The van der Waals surface area contributed by atoms with Crippen molar-refractivity contribution in [2.45, 2.75) is 11.8 Å². The molecule has 1 saturated heterocycles. The molecule has 0 spiro atoms. The molecule has 3 heteroatoms. The molecule has 1 saturated carbocycles. The standard InChI is InChI=1S/C13H15NO2/c1-16-12(15)9-3-2-4-10(5-9)13-6-11(13)7-14-8-13/h2-5,11,14H,6-8H2,1H3. The predicted octanol–water partition coefficient (Wildman–Crippen LogP) is 1.33. The number of fused-ring (bicyclic) bond motifs is 1. The van der Waals surface area contributed by atoms with Crippen LogP contribution in [0.4, 0.5) is 0 Å². The third-order valence-electron chi connectivity index (χ3n) is 3.92. The van der Waals surface area contributed by atoms with E-state index in [1.54, 1.807) is 0 Å². The van der Waals surface area contributed by atoms with Gasteiger partial charge in [0.15, 0.2) is 0 Å². The molecule has 3 nitrogen and oxygen atoms in total. The van der Waals surface area contributed by atoms with E-state index in [1.165, 1.54) is 19.1 Å². The maximum absolute atomic E-state index is 11.5. The summed E-state index contributed by atoms with van der Waals surface area (Å²) < 4.78 is 4.75. The van der Waals surface area contributed by atoms with E-state index in [0.717, 1.165) is 19.0 Å². The monoisotopic (exact) mass is 217 g/mol. The number of piperidine rings is 1. The first kappa shape index (κ1) is 9.85. The summed E-state index contributed by atoms with van der Waals surface area (Å²) in [4.78, 5) is 11.5. The molecule has 16 heavy (non-hydrogen) atoms. The van der Waals surface area contributed by atoms with E-state index < -0.39 is 0 Å². The average molecular weight is 217 g/mol. The average Bonchev–Trinajstić information content (AvgIpc) is 2.91. The van der Waals surface area contributed by atoms with Gasteiger partial charge >= 0.3 is 5.97 Å². The molecule has 2 fully saturated rings. The number of esters is 1. The van der Waals surface area contributed by atoms with E-state index in [4.69, 9.17) is 4.74 Å². The Kier molecular flexibility index (Phi) is 2.04. The summed E-state index contributed by atoms with van der Waals surface area (Å²) in [5.41, 5.74) is 2.25. The van der Waals surface area contributed by atoms with Crippen LogP contribution in [0.5, 0.6) is 0 Å². The summed E-state index contributed by atoms with van der Waals surface area (Å²) in [6.45, 7) is 2.16. The van der Waals surface area contributed by atoms with Crippen LogP contribution in [-0.2, 0) is 10.2 Å². The molecule has 0 amide bonds.